The summed E-state index contributed by atoms with van der Waals surface area (Å²) in [5, 5.41) is 13.2. The Hall–Kier alpha value is -4.78. The normalized spacial score (nSPS) is 18.8. The van der Waals surface area contributed by atoms with Crippen molar-refractivity contribution < 1.29 is 18.7 Å². The van der Waals surface area contributed by atoms with E-state index >= 15 is 4.39 Å². The summed E-state index contributed by atoms with van der Waals surface area (Å²) in [6.45, 7) is 2.44. The molecule has 2 aliphatic rings. The third-order valence-electron chi connectivity index (χ3n) is 8.68. The number of pyridine rings is 3. The van der Waals surface area contributed by atoms with E-state index in [2.05, 4.69) is 42.5 Å². The number of halogens is 2. The fraction of sp³-hybridized carbons (Fsp3) is 0.310. The quantitative estimate of drug-likeness (QED) is 0.249. The number of likely N-dealkylation sites (tertiary alicyclic amines) is 1. The number of rotatable bonds is 5. The Morgan fingerprint density at radius 2 is 1.95 bits per heavy atom. The average molecular weight is 575 g/mol. The molecule has 11 nitrogen and oxygen atoms in total. The molecule has 42 heavy (non-hydrogen) atoms. The molecule has 1 unspecified atom stereocenters. The summed E-state index contributed by atoms with van der Waals surface area (Å²) in [6.07, 6.45) is 5.36. The highest BCUT2D eigenvalue weighted by Gasteiger charge is 2.42. The van der Waals surface area contributed by atoms with E-state index < -0.39 is 28.6 Å². The molecule has 2 aliphatic heterocycles. The molecule has 0 aliphatic carbocycles. The SMILES string of the molecule is CNc1cc(F)c(F)c2c1[nH]c1ncc(-c3cnc4c(c3)c(=O)c(C(=O)O)cn4NC)c(N3CC[C@H]4CN(C)CC43)c12. The van der Waals surface area contributed by atoms with Crippen LogP contribution in [0.2, 0.25) is 0 Å². The van der Waals surface area contributed by atoms with Gasteiger partial charge < -0.3 is 30.6 Å². The van der Waals surface area contributed by atoms with E-state index in [0.29, 0.717) is 51.5 Å². The number of carbonyl (C=O) groups is 1. The molecule has 4 aromatic heterocycles. The largest absolute Gasteiger partial charge is 0.477 e. The number of H-pyrrole nitrogens is 1. The number of carboxylic acids is 1. The van der Waals surface area contributed by atoms with Gasteiger partial charge in [-0.3, -0.25) is 4.79 Å². The van der Waals surface area contributed by atoms with Gasteiger partial charge in [-0.25, -0.2) is 28.2 Å². The highest BCUT2D eigenvalue weighted by molar-refractivity contribution is 6.18. The van der Waals surface area contributed by atoms with Crippen molar-refractivity contribution in [3.05, 3.63) is 58.1 Å². The van der Waals surface area contributed by atoms with Gasteiger partial charge in [0.25, 0.3) is 0 Å². The van der Waals surface area contributed by atoms with Crippen LogP contribution in [0.1, 0.15) is 16.8 Å². The van der Waals surface area contributed by atoms with Gasteiger partial charge in [0.05, 0.1) is 33.1 Å². The molecule has 1 aromatic carbocycles. The zero-order chi connectivity index (χ0) is 29.4. The molecular formula is C29H28F2N8O3. The van der Waals surface area contributed by atoms with Crippen molar-refractivity contribution in [2.24, 2.45) is 5.92 Å². The molecule has 4 N–H and O–H groups in total. The second-order valence-electron chi connectivity index (χ2n) is 11.0. The second kappa shape index (κ2) is 9.38. The standard InChI is InChI=1S/C29H28F2N8O3/c1-32-19-7-18(30)23(31)21-22-25(38-5-4-13-10-37(3)12-20(13)38)16(9-34-27(22)36-24(19)21)14-6-15-26(40)17(29(41)42)11-39(33-2)28(15)35-8-14/h6-9,11,13,20,32-33H,4-5,10,12H2,1-3H3,(H,34,36)(H,41,42)/t13-,20?/m0/s1. The Bertz CT molecular complexity index is 2010. The monoisotopic (exact) mass is 574 g/mol. The van der Waals surface area contributed by atoms with E-state index in [1.807, 2.05) is 0 Å². The molecule has 7 rings (SSSR count). The van der Waals surface area contributed by atoms with E-state index in [-0.39, 0.29) is 22.5 Å². The maximum atomic E-state index is 15.7. The number of carboxylic acid groups (broad SMARTS) is 1. The maximum Gasteiger partial charge on any atom is 0.341 e. The number of aromatic amines is 1. The van der Waals surface area contributed by atoms with Gasteiger partial charge in [-0.15, -0.1) is 0 Å². The third-order valence-corrected chi connectivity index (χ3v) is 8.68. The Balaban J connectivity index is 1.57. The van der Waals surface area contributed by atoms with E-state index in [1.54, 1.807) is 32.6 Å². The summed E-state index contributed by atoms with van der Waals surface area (Å²) in [7, 11) is 5.30. The fourth-order valence-corrected chi connectivity index (χ4v) is 6.78. The minimum Gasteiger partial charge on any atom is -0.477 e. The van der Waals surface area contributed by atoms with E-state index in [0.717, 1.165) is 25.6 Å². The molecule has 0 spiro atoms. The first-order valence-corrected chi connectivity index (χ1v) is 13.6. The van der Waals surface area contributed by atoms with Crippen LogP contribution in [-0.2, 0) is 0 Å². The van der Waals surface area contributed by atoms with E-state index in [9.17, 15) is 19.1 Å². The molecule has 0 amide bonds. The molecule has 5 aromatic rings. The zero-order valence-electron chi connectivity index (χ0n) is 23.1. The molecule has 0 radical (unpaired) electrons. The van der Waals surface area contributed by atoms with Crippen LogP contribution in [0.15, 0.2) is 35.5 Å². The van der Waals surface area contributed by atoms with Gasteiger partial charge in [0.2, 0.25) is 5.43 Å². The van der Waals surface area contributed by atoms with Gasteiger partial charge in [0, 0.05) is 75.6 Å². The lowest BCUT2D eigenvalue weighted by Crippen LogP contribution is -2.35. The molecule has 0 saturated carbocycles. The van der Waals surface area contributed by atoms with E-state index in [1.165, 1.54) is 10.9 Å². The van der Waals surface area contributed by atoms with Crippen molar-refractivity contribution in [2.75, 3.05) is 56.4 Å². The van der Waals surface area contributed by atoms with Crippen LogP contribution >= 0.6 is 0 Å². The lowest BCUT2D eigenvalue weighted by Gasteiger charge is -2.29. The first-order chi connectivity index (χ1) is 20.2. The highest BCUT2D eigenvalue weighted by Crippen LogP contribution is 2.46. The number of benzene rings is 1. The van der Waals surface area contributed by atoms with Crippen LogP contribution in [0.3, 0.4) is 0 Å². The smallest absolute Gasteiger partial charge is 0.341 e. The van der Waals surface area contributed by atoms with Gasteiger partial charge >= 0.3 is 5.97 Å². The first kappa shape index (κ1) is 26.1. The number of anilines is 2. The molecule has 13 heteroatoms. The third kappa shape index (κ3) is 3.66. The van der Waals surface area contributed by atoms with Crippen LogP contribution in [0.5, 0.6) is 0 Å². The van der Waals surface area contributed by atoms with Gasteiger partial charge in [0.15, 0.2) is 17.3 Å². The number of aromatic nitrogens is 4. The van der Waals surface area contributed by atoms with Crippen LogP contribution in [0.4, 0.5) is 20.2 Å². The van der Waals surface area contributed by atoms with E-state index in [4.69, 9.17) is 0 Å². The number of hydrogen-bond acceptors (Lipinski definition) is 8. The van der Waals surface area contributed by atoms with Crippen molar-refractivity contribution in [3.8, 4) is 11.1 Å². The Labute approximate surface area is 237 Å². The average Bonchev–Trinajstić information content (AvgIpc) is 3.66. The molecule has 2 saturated heterocycles. The summed E-state index contributed by atoms with van der Waals surface area (Å²) in [6, 6.07) is 2.85. The van der Waals surface area contributed by atoms with Crippen LogP contribution in [-0.4, -0.2) is 82.4 Å². The van der Waals surface area contributed by atoms with Crippen LogP contribution < -0.4 is 21.1 Å². The predicted molar refractivity (Wildman–Crippen MR) is 157 cm³/mol. The van der Waals surface area contributed by atoms with Gasteiger partial charge in [-0.05, 0) is 25.5 Å². The number of nitrogens with one attached hydrogen (secondary N) is 3. The minimum absolute atomic E-state index is 0.0907. The van der Waals surface area contributed by atoms with Gasteiger partial charge in [-0.2, -0.15) is 0 Å². The molecule has 6 heterocycles. The molecule has 2 atom stereocenters. The second-order valence-corrected chi connectivity index (χ2v) is 11.0. The van der Waals surface area contributed by atoms with Crippen LogP contribution in [0.25, 0.3) is 44.1 Å². The summed E-state index contributed by atoms with van der Waals surface area (Å²) in [5.41, 5.74) is 4.97. The van der Waals surface area contributed by atoms with Crippen molar-refractivity contribution >= 4 is 50.3 Å². The number of fused-ring (bicyclic) bond motifs is 5. The van der Waals surface area contributed by atoms with Crippen molar-refractivity contribution in [2.45, 2.75) is 12.5 Å². The lowest BCUT2D eigenvalue weighted by molar-refractivity contribution is 0.0695. The molecule has 216 valence electrons. The predicted octanol–water partition coefficient (Wildman–Crippen LogP) is 3.42. The van der Waals surface area contributed by atoms with Gasteiger partial charge in [0.1, 0.15) is 11.2 Å². The van der Waals surface area contributed by atoms with Crippen molar-refractivity contribution in [1.82, 2.24) is 24.5 Å². The molecular weight excluding hydrogens is 546 g/mol. The zero-order valence-corrected chi connectivity index (χ0v) is 23.1. The van der Waals surface area contributed by atoms with Crippen LogP contribution in [0, 0.1) is 17.6 Å². The molecule has 0 bridgehead atoms. The van der Waals surface area contributed by atoms with Crippen molar-refractivity contribution in [1.29, 1.82) is 0 Å². The van der Waals surface area contributed by atoms with Crippen molar-refractivity contribution in [3.63, 3.8) is 0 Å². The summed E-state index contributed by atoms with van der Waals surface area (Å²) in [4.78, 5) is 41.9. The summed E-state index contributed by atoms with van der Waals surface area (Å²) >= 11 is 0. The fourth-order valence-electron chi connectivity index (χ4n) is 6.78. The maximum absolute atomic E-state index is 15.7. The number of likely N-dealkylation sites (N-methyl/N-ethyl adjacent to an activating group) is 1. The Kier molecular flexibility index (Phi) is 5.84. The summed E-state index contributed by atoms with van der Waals surface area (Å²) < 4.78 is 32.0. The number of nitrogens with zero attached hydrogens (tertiary/aromatic N) is 5. The van der Waals surface area contributed by atoms with Gasteiger partial charge in [-0.1, -0.05) is 0 Å². The summed E-state index contributed by atoms with van der Waals surface area (Å²) in [5.74, 6) is -2.91. The Morgan fingerprint density at radius 1 is 1.14 bits per heavy atom. The first-order valence-electron chi connectivity index (χ1n) is 13.6. The minimum atomic E-state index is -1.36. The lowest BCUT2D eigenvalue weighted by atomic mass is 9.99. The highest BCUT2D eigenvalue weighted by atomic mass is 19.2. The molecule has 2 fully saturated rings. The number of aromatic carboxylic acids is 1. The Morgan fingerprint density at radius 3 is 2.69 bits per heavy atom. The topological polar surface area (TPSA) is 131 Å². The number of hydrogen-bond donors (Lipinski definition) is 4.